The summed E-state index contributed by atoms with van der Waals surface area (Å²) in [6.45, 7) is 4.02. The Hall–Kier alpha value is -2.53. The lowest BCUT2D eigenvalue weighted by Crippen LogP contribution is -2.15. The third kappa shape index (κ3) is 3.86. The van der Waals surface area contributed by atoms with Crippen LogP contribution in [0.3, 0.4) is 0 Å². The molecular weight excluding hydrogens is 303 g/mol. The maximum absolute atomic E-state index is 13.9. The van der Waals surface area contributed by atoms with Gasteiger partial charge in [-0.05, 0) is 19.0 Å². The summed E-state index contributed by atoms with van der Waals surface area (Å²) in [5.74, 6) is -0.235. The fraction of sp³-hybridized carbons (Fsp3) is 0.263. The van der Waals surface area contributed by atoms with Crippen LogP contribution in [0.25, 0.3) is 11.3 Å². The van der Waals surface area contributed by atoms with E-state index in [1.54, 1.807) is 16.9 Å². The number of benzene rings is 2. The lowest BCUT2D eigenvalue weighted by Gasteiger charge is -2.02. The first-order valence-electron chi connectivity index (χ1n) is 8.21. The number of aromatic nitrogens is 3. The van der Waals surface area contributed by atoms with Crippen LogP contribution in [-0.2, 0) is 13.1 Å². The highest BCUT2D eigenvalue weighted by Crippen LogP contribution is 2.20. The molecule has 0 spiro atoms. The van der Waals surface area contributed by atoms with Crippen LogP contribution in [0.4, 0.5) is 4.39 Å². The molecule has 0 atom stereocenters. The van der Waals surface area contributed by atoms with Crippen LogP contribution in [0, 0.1) is 5.82 Å². The molecule has 1 N–H and O–H groups in total. The molecule has 0 aliphatic rings. The summed E-state index contributed by atoms with van der Waals surface area (Å²) in [6, 6.07) is 16.7. The topological polar surface area (TPSA) is 42.7 Å². The average Bonchev–Trinajstić information content (AvgIpc) is 3.01. The highest BCUT2D eigenvalue weighted by Gasteiger charge is 2.13. The van der Waals surface area contributed by atoms with E-state index in [9.17, 15) is 4.39 Å². The second-order valence-corrected chi connectivity index (χ2v) is 5.66. The van der Waals surface area contributed by atoms with E-state index >= 15 is 0 Å². The lowest BCUT2D eigenvalue weighted by atomic mass is 10.1. The van der Waals surface area contributed by atoms with E-state index in [2.05, 4.69) is 22.4 Å². The van der Waals surface area contributed by atoms with Gasteiger partial charge < -0.3 is 5.32 Å². The van der Waals surface area contributed by atoms with Crippen molar-refractivity contribution in [3.63, 3.8) is 0 Å². The minimum atomic E-state index is -0.235. The molecule has 0 saturated heterocycles. The minimum Gasteiger partial charge on any atom is -0.311 e. The van der Waals surface area contributed by atoms with Crippen LogP contribution < -0.4 is 5.32 Å². The highest BCUT2D eigenvalue weighted by molar-refractivity contribution is 5.60. The molecule has 0 saturated carbocycles. The van der Waals surface area contributed by atoms with Gasteiger partial charge in [-0.2, -0.15) is 15.0 Å². The normalized spacial score (nSPS) is 10.9. The molecule has 3 rings (SSSR count). The molecule has 0 unspecified atom stereocenters. The van der Waals surface area contributed by atoms with Crippen molar-refractivity contribution in [2.24, 2.45) is 0 Å². The Morgan fingerprint density at radius 1 is 1.00 bits per heavy atom. The average molecular weight is 324 g/mol. The Bertz CT molecular complexity index is 783. The first kappa shape index (κ1) is 16.3. The van der Waals surface area contributed by atoms with Crippen molar-refractivity contribution in [1.29, 1.82) is 0 Å². The first-order valence-corrected chi connectivity index (χ1v) is 8.21. The van der Waals surface area contributed by atoms with Crippen LogP contribution in [0.1, 0.15) is 24.6 Å². The van der Waals surface area contributed by atoms with Gasteiger partial charge in [0.1, 0.15) is 17.2 Å². The number of hydrogen-bond acceptors (Lipinski definition) is 3. The Balaban J connectivity index is 1.89. The molecule has 1 heterocycles. The molecule has 0 aliphatic carbocycles. The Labute approximate surface area is 141 Å². The second kappa shape index (κ2) is 7.84. The van der Waals surface area contributed by atoms with Crippen molar-refractivity contribution in [2.75, 3.05) is 6.54 Å². The number of rotatable bonds is 7. The summed E-state index contributed by atoms with van der Waals surface area (Å²) in [6.07, 6.45) is 1.06. The predicted octanol–water partition coefficient (Wildman–Crippen LogP) is 3.63. The molecule has 5 heteroatoms. The number of nitrogens with one attached hydrogen (secondary N) is 1. The standard InChI is InChI=1S/C19H21FN4/c1-2-12-21-13-18-19(15-8-4-3-5-9-15)23-24(22-18)14-16-10-6-7-11-17(16)20/h3-11,21H,2,12-14H2,1H3. The van der Waals surface area contributed by atoms with Gasteiger partial charge in [0.2, 0.25) is 0 Å². The molecule has 2 aromatic carbocycles. The smallest absolute Gasteiger partial charge is 0.128 e. The summed E-state index contributed by atoms with van der Waals surface area (Å²) in [5, 5.41) is 12.5. The molecule has 4 nitrogen and oxygen atoms in total. The van der Waals surface area contributed by atoms with E-state index in [-0.39, 0.29) is 5.82 Å². The molecule has 24 heavy (non-hydrogen) atoms. The summed E-state index contributed by atoms with van der Waals surface area (Å²) >= 11 is 0. The minimum absolute atomic E-state index is 0.235. The molecule has 124 valence electrons. The Kier molecular flexibility index (Phi) is 5.33. The molecule has 1 aromatic heterocycles. The van der Waals surface area contributed by atoms with Crippen molar-refractivity contribution in [1.82, 2.24) is 20.3 Å². The summed E-state index contributed by atoms with van der Waals surface area (Å²) in [7, 11) is 0. The molecule has 3 aromatic rings. The van der Waals surface area contributed by atoms with Crippen molar-refractivity contribution >= 4 is 0 Å². The zero-order valence-electron chi connectivity index (χ0n) is 13.7. The van der Waals surface area contributed by atoms with Crippen LogP contribution >= 0.6 is 0 Å². The van der Waals surface area contributed by atoms with Crippen LogP contribution in [0.2, 0.25) is 0 Å². The zero-order chi connectivity index (χ0) is 16.8. The molecule has 0 amide bonds. The van der Waals surface area contributed by atoms with E-state index in [1.165, 1.54) is 6.07 Å². The van der Waals surface area contributed by atoms with Crippen molar-refractivity contribution < 1.29 is 4.39 Å². The van der Waals surface area contributed by atoms with E-state index in [0.29, 0.717) is 18.7 Å². The Morgan fingerprint density at radius 3 is 2.50 bits per heavy atom. The van der Waals surface area contributed by atoms with Crippen LogP contribution in [0.5, 0.6) is 0 Å². The number of hydrogen-bond donors (Lipinski definition) is 1. The van der Waals surface area contributed by atoms with Crippen molar-refractivity contribution in [2.45, 2.75) is 26.4 Å². The van der Waals surface area contributed by atoms with Crippen LogP contribution in [-0.4, -0.2) is 21.5 Å². The fourth-order valence-electron chi connectivity index (χ4n) is 2.55. The SMILES string of the molecule is CCCNCc1nn(Cc2ccccc2F)nc1-c1ccccc1. The maximum atomic E-state index is 13.9. The summed E-state index contributed by atoms with van der Waals surface area (Å²) < 4.78 is 13.9. The van der Waals surface area contributed by atoms with Gasteiger partial charge in [-0.1, -0.05) is 55.5 Å². The number of nitrogens with zero attached hydrogens (tertiary/aromatic N) is 3. The maximum Gasteiger partial charge on any atom is 0.128 e. The van der Waals surface area contributed by atoms with Crippen molar-refractivity contribution in [3.05, 3.63) is 71.7 Å². The third-order valence-electron chi connectivity index (χ3n) is 3.76. The van der Waals surface area contributed by atoms with Gasteiger partial charge >= 0.3 is 0 Å². The van der Waals surface area contributed by atoms with Gasteiger partial charge in [0, 0.05) is 17.7 Å². The van der Waals surface area contributed by atoms with Gasteiger partial charge in [0.05, 0.1) is 6.54 Å². The van der Waals surface area contributed by atoms with Gasteiger partial charge in [-0.15, -0.1) is 0 Å². The molecule has 0 aliphatic heterocycles. The summed E-state index contributed by atoms with van der Waals surface area (Å²) in [4.78, 5) is 1.57. The Morgan fingerprint density at radius 2 is 1.75 bits per heavy atom. The van der Waals surface area contributed by atoms with Crippen molar-refractivity contribution in [3.8, 4) is 11.3 Å². The fourth-order valence-corrected chi connectivity index (χ4v) is 2.55. The van der Waals surface area contributed by atoms with Gasteiger partial charge in [0.15, 0.2) is 0 Å². The first-order chi connectivity index (χ1) is 11.8. The largest absolute Gasteiger partial charge is 0.311 e. The summed E-state index contributed by atoms with van der Waals surface area (Å²) in [5.41, 5.74) is 3.33. The van der Waals surface area contributed by atoms with Crippen LogP contribution in [0.15, 0.2) is 54.6 Å². The molecule has 0 bridgehead atoms. The van der Waals surface area contributed by atoms with E-state index in [4.69, 9.17) is 0 Å². The van der Waals surface area contributed by atoms with E-state index in [0.717, 1.165) is 29.9 Å². The van der Waals surface area contributed by atoms with Gasteiger partial charge in [-0.3, -0.25) is 0 Å². The third-order valence-corrected chi connectivity index (χ3v) is 3.76. The molecule has 0 fully saturated rings. The predicted molar refractivity (Wildman–Crippen MR) is 93.0 cm³/mol. The van der Waals surface area contributed by atoms with Gasteiger partial charge in [-0.25, -0.2) is 4.39 Å². The monoisotopic (exact) mass is 324 g/mol. The second-order valence-electron chi connectivity index (χ2n) is 5.66. The zero-order valence-corrected chi connectivity index (χ0v) is 13.7. The lowest BCUT2D eigenvalue weighted by molar-refractivity contribution is 0.543. The molecular formula is C19H21FN4. The molecule has 0 radical (unpaired) electrons. The van der Waals surface area contributed by atoms with E-state index < -0.39 is 0 Å². The quantitative estimate of drug-likeness (QED) is 0.675. The van der Waals surface area contributed by atoms with Gasteiger partial charge in [0.25, 0.3) is 0 Å². The highest BCUT2D eigenvalue weighted by atomic mass is 19.1. The number of halogens is 1. The van der Waals surface area contributed by atoms with E-state index in [1.807, 2.05) is 36.4 Å².